The molecule has 2 aromatic heterocycles. The van der Waals surface area contributed by atoms with Crippen LogP contribution in [0, 0.1) is 12.3 Å². The number of aromatic nitrogens is 3. The highest BCUT2D eigenvalue weighted by molar-refractivity contribution is 5.42. The van der Waals surface area contributed by atoms with E-state index in [1.165, 1.54) is 25.0 Å². The van der Waals surface area contributed by atoms with Crippen LogP contribution in [0.2, 0.25) is 0 Å². The molecule has 1 saturated carbocycles. The second-order valence-electron chi connectivity index (χ2n) is 4.13. The van der Waals surface area contributed by atoms with Crippen LogP contribution >= 0.6 is 0 Å². The Kier molecular flexibility index (Phi) is 1.81. The second-order valence-corrected chi connectivity index (χ2v) is 4.13. The van der Waals surface area contributed by atoms with Gasteiger partial charge in [-0.1, -0.05) is 12.3 Å². The predicted octanol–water partition coefficient (Wildman–Crippen LogP) is 2.04. The summed E-state index contributed by atoms with van der Waals surface area (Å²) in [6.45, 7) is 0.617. The molecule has 0 radical (unpaired) electrons. The molecule has 3 nitrogen and oxygen atoms in total. The molecule has 3 rings (SSSR count). The molecule has 76 valence electrons. The van der Waals surface area contributed by atoms with Crippen LogP contribution in [0.3, 0.4) is 0 Å². The maximum absolute atomic E-state index is 5.31. The van der Waals surface area contributed by atoms with Gasteiger partial charge in [0.1, 0.15) is 5.65 Å². The van der Waals surface area contributed by atoms with E-state index in [-0.39, 0.29) is 0 Å². The number of nitrogens with zero attached hydrogens (tertiary/aromatic N) is 3. The average Bonchev–Trinajstić information content (AvgIpc) is 2.65. The van der Waals surface area contributed by atoms with Gasteiger partial charge in [-0.15, -0.1) is 6.42 Å². The molecule has 0 aliphatic heterocycles. The van der Waals surface area contributed by atoms with Crippen LogP contribution in [0.1, 0.15) is 30.9 Å². The minimum atomic E-state index is 0.617. The monoisotopic (exact) mass is 199 g/mol. The van der Waals surface area contributed by atoms with Gasteiger partial charge in [0.05, 0.1) is 12.2 Å². The highest BCUT2D eigenvalue weighted by Crippen LogP contribution is 2.35. The molecule has 2 aromatic rings. The van der Waals surface area contributed by atoms with Crippen LogP contribution in [0.25, 0.3) is 5.65 Å². The number of hydrogen-bond donors (Lipinski definition) is 0. The summed E-state index contributed by atoms with van der Waals surface area (Å²) in [5.41, 5.74) is 2.33. The first-order valence-electron chi connectivity index (χ1n) is 5.36. The molecule has 3 heteroatoms. The van der Waals surface area contributed by atoms with E-state index in [1.54, 1.807) is 0 Å². The van der Waals surface area contributed by atoms with Gasteiger partial charge in [-0.25, -0.2) is 4.52 Å². The third-order valence-corrected chi connectivity index (χ3v) is 3.20. The predicted molar refractivity (Wildman–Crippen MR) is 58.6 cm³/mol. The average molecular weight is 199 g/mol. The maximum atomic E-state index is 5.31. The van der Waals surface area contributed by atoms with Gasteiger partial charge >= 0.3 is 0 Å². The topological polar surface area (TPSA) is 22.2 Å². The van der Waals surface area contributed by atoms with Crippen molar-refractivity contribution in [3.05, 3.63) is 24.2 Å². The van der Waals surface area contributed by atoms with E-state index in [9.17, 15) is 0 Å². The van der Waals surface area contributed by atoms with Crippen molar-refractivity contribution in [2.45, 2.75) is 31.7 Å². The van der Waals surface area contributed by atoms with Crippen molar-refractivity contribution >= 4 is 5.65 Å². The summed E-state index contributed by atoms with van der Waals surface area (Å²) >= 11 is 0. The van der Waals surface area contributed by atoms with Crippen LogP contribution in [-0.2, 0) is 6.54 Å². The Balaban J connectivity index is 2.02. The van der Waals surface area contributed by atoms with Gasteiger partial charge in [-0.05, 0) is 12.8 Å². The minimum absolute atomic E-state index is 0.617. The molecule has 2 heterocycles. The van der Waals surface area contributed by atoms with Crippen molar-refractivity contribution in [1.82, 2.24) is 14.2 Å². The van der Waals surface area contributed by atoms with Gasteiger partial charge in [0.25, 0.3) is 0 Å². The summed E-state index contributed by atoms with van der Waals surface area (Å²) in [7, 11) is 0. The molecular formula is C12H13N3. The Morgan fingerprint density at radius 2 is 2.33 bits per heavy atom. The molecule has 1 aliphatic rings. The molecule has 1 fully saturated rings. The van der Waals surface area contributed by atoms with Gasteiger partial charge in [0, 0.05) is 24.4 Å². The van der Waals surface area contributed by atoms with Crippen LogP contribution in [0.5, 0.6) is 0 Å². The summed E-state index contributed by atoms with van der Waals surface area (Å²) < 4.78 is 3.97. The summed E-state index contributed by atoms with van der Waals surface area (Å²) in [6, 6.07) is 2.17. The lowest BCUT2D eigenvalue weighted by atomic mass is 9.83. The largest absolute Gasteiger partial charge is 0.320 e. The van der Waals surface area contributed by atoms with E-state index in [4.69, 9.17) is 6.42 Å². The molecule has 15 heavy (non-hydrogen) atoms. The summed E-state index contributed by atoms with van der Waals surface area (Å²) in [6.07, 6.45) is 13.2. The van der Waals surface area contributed by atoms with Crippen LogP contribution < -0.4 is 0 Å². The van der Waals surface area contributed by atoms with Crippen LogP contribution in [-0.4, -0.2) is 14.2 Å². The van der Waals surface area contributed by atoms with E-state index in [0.717, 1.165) is 5.65 Å². The zero-order valence-electron chi connectivity index (χ0n) is 8.56. The Morgan fingerprint density at radius 3 is 3.00 bits per heavy atom. The summed E-state index contributed by atoms with van der Waals surface area (Å²) in [4.78, 5) is 0. The zero-order chi connectivity index (χ0) is 10.3. The number of hydrogen-bond acceptors (Lipinski definition) is 1. The van der Waals surface area contributed by atoms with Gasteiger partial charge in [-0.3, -0.25) is 0 Å². The fourth-order valence-corrected chi connectivity index (χ4v) is 2.08. The first-order chi connectivity index (χ1) is 7.38. The molecule has 0 bridgehead atoms. The summed E-state index contributed by atoms with van der Waals surface area (Å²) in [5, 5.41) is 4.56. The first-order valence-corrected chi connectivity index (χ1v) is 5.36. The van der Waals surface area contributed by atoms with Gasteiger partial charge < -0.3 is 4.57 Å². The number of fused-ring (bicyclic) bond motifs is 1. The fourth-order valence-electron chi connectivity index (χ4n) is 2.08. The quantitative estimate of drug-likeness (QED) is 0.678. The molecule has 0 saturated heterocycles. The Bertz CT molecular complexity index is 523. The number of imidazole rings is 1. The zero-order valence-corrected chi connectivity index (χ0v) is 8.56. The number of terminal acetylenes is 1. The third kappa shape index (κ3) is 1.25. The standard InChI is InChI=1S/C12H13N3/c1-2-6-14-7-8-15-12(14)9-11(13-15)10-4-3-5-10/h1,7-10H,3-6H2. The van der Waals surface area contributed by atoms with E-state index in [0.29, 0.717) is 12.5 Å². The maximum Gasteiger partial charge on any atom is 0.136 e. The number of rotatable bonds is 2. The Hall–Kier alpha value is -1.69. The van der Waals surface area contributed by atoms with Crippen molar-refractivity contribution in [3.63, 3.8) is 0 Å². The molecule has 0 aromatic carbocycles. The molecule has 0 N–H and O–H groups in total. The molecule has 0 spiro atoms. The highest BCUT2D eigenvalue weighted by atomic mass is 15.3. The Labute approximate surface area is 88.7 Å². The third-order valence-electron chi connectivity index (χ3n) is 3.20. The second kappa shape index (κ2) is 3.16. The van der Waals surface area contributed by atoms with Crippen LogP contribution in [0.15, 0.2) is 18.5 Å². The normalized spacial score (nSPS) is 16.5. The van der Waals surface area contributed by atoms with E-state index in [1.807, 2.05) is 16.9 Å². The lowest BCUT2D eigenvalue weighted by molar-refractivity contribution is 0.409. The van der Waals surface area contributed by atoms with Gasteiger partial charge in [-0.2, -0.15) is 5.10 Å². The van der Waals surface area contributed by atoms with Crippen molar-refractivity contribution in [1.29, 1.82) is 0 Å². The summed E-state index contributed by atoms with van der Waals surface area (Å²) in [5.74, 6) is 3.33. The van der Waals surface area contributed by atoms with Crippen molar-refractivity contribution in [3.8, 4) is 12.3 Å². The SMILES string of the molecule is C#CCn1ccn2nc(C3CCC3)cc12. The first kappa shape index (κ1) is 8.60. The fraction of sp³-hybridized carbons (Fsp3) is 0.417. The molecule has 0 atom stereocenters. The van der Waals surface area contributed by atoms with Gasteiger partial charge in [0.15, 0.2) is 0 Å². The molecule has 0 unspecified atom stereocenters. The Morgan fingerprint density at radius 1 is 1.47 bits per heavy atom. The van der Waals surface area contributed by atoms with E-state index >= 15 is 0 Å². The lowest BCUT2D eigenvalue weighted by Crippen LogP contribution is -2.09. The molecule has 1 aliphatic carbocycles. The van der Waals surface area contributed by atoms with Crippen molar-refractivity contribution in [2.75, 3.05) is 0 Å². The molecule has 0 amide bonds. The molecular weight excluding hydrogens is 186 g/mol. The minimum Gasteiger partial charge on any atom is -0.320 e. The van der Waals surface area contributed by atoms with Crippen molar-refractivity contribution in [2.24, 2.45) is 0 Å². The van der Waals surface area contributed by atoms with Crippen LogP contribution in [0.4, 0.5) is 0 Å². The van der Waals surface area contributed by atoms with Gasteiger partial charge in [0.2, 0.25) is 0 Å². The highest BCUT2D eigenvalue weighted by Gasteiger charge is 2.22. The van der Waals surface area contributed by atoms with E-state index in [2.05, 4.69) is 21.7 Å². The lowest BCUT2D eigenvalue weighted by Gasteiger charge is -2.22. The smallest absolute Gasteiger partial charge is 0.136 e. The van der Waals surface area contributed by atoms with Crippen molar-refractivity contribution < 1.29 is 0 Å². The van der Waals surface area contributed by atoms with E-state index < -0.39 is 0 Å².